The maximum absolute atomic E-state index is 12.0. The summed E-state index contributed by atoms with van der Waals surface area (Å²) >= 11 is 0. The number of methoxy groups -OCH3 is 1. The molecule has 2 rings (SSSR count). The maximum atomic E-state index is 12.0. The van der Waals surface area contributed by atoms with Gasteiger partial charge in [0.1, 0.15) is 12.3 Å². The highest BCUT2D eigenvalue weighted by molar-refractivity contribution is 5.75. The molecule has 1 fully saturated rings. The van der Waals surface area contributed by atoms with E-state index >= 15 is 0 Å². The van der Waals surface area contributed by atoms with Gasteiger partial charge in [0, 0.05) is 13.0 Å². The summed E-state index contributed by atoms with van der Waals surface area (Å²) in [6, 6.07) is 10.4. The highest BCUT2D eigenvalue weighted by Gasteiger charge is 2.23. The Morgan fingerprint density at radius 3 is 2.63 bits per heavy atom. The van der Waals surface area contributed by atoms with E-state index in [0.29, 0.717) is 12.3 Å². The first-order valence-electron chi connectivity index (χ1n) is 10.2. The van der Waals surface area contributed by atoms with Gasteiger partial charge in [-0.25, -0.2) is 0 Å². The summed E-state index contributed by atoms with van der Waals surface area (Å²) in [5.41, 5.74) is 1.37. The molecule has 1 aromatic carbocycles. The van der Waals surface area contributed by atoms with E-state index in [1.807, 2.05) is 0 Å². The van der Waals surface area contributed by atoms with Crippen molar-refractivity contribution in [2.24, 2.45) is 5.92 Å². The molecule has 1 atom stereocenters. The van der Waals surface area contributed by atoms with E-state index in [1.54, 1.807) is 0 Å². The number of ether oxygens (including phenoxy) is 1. The lowest BCUT2D eigenvalue weighted by Crippen LogP contribution is -2.43. The van der Waals surface area contributed by atoms with Crippen LogP contribution in [-0.4, -0.2) is 49.9 Å². The number of nitrogens with one attached hydrogen (secondary N) is 1. The molecule has 27 heavy (non-hydrogen) atoms. The van der Waals surface area contributed by atoms with E-state index in [0.717, 1.165) is 71.0 Å². The lowest BCUT2D eigenvalue weighted by Gasteiger charge is -2.32. The van der Waals surface area contributed by atoms with Gasteiger partial charge in [0.25, 0.3) is 0 Å². The lowest BCUT2D eigenvalue weighted by atomic mass is 9.95. The quantitative estimate of drug-likeness (QED) is 0.346. The third-order valence-electron chi connectivity index (χ3n) is 5.41. The maximum Gasteiger partial charge on any atom is 0.322 e. The number of carbonyl (C=O) groups is 2. The van der Waals surface area contributed by atoms with Crippen molar-refractivity contribution in [3.8, 4) is 0 Å². The molecule has 0 radical (unpaired) electrons. The summed E-state index contributed by atoms with van der Waals surface area (Å²) in [4.78, 5) is 24.9. The van der Waals surface area contributed by atoms with E-state index in [1.165, 1.54) is 12.7 Å². The van der Waals surface area contributed by atoms with Gasteiger partial charge in [-0.3, -0.25) is 9.69 Å². The fourth-order valence-corrected chi connectivity index (χ4v) is 3.70. The minimum atomic E-state index is -0.228. The van der Waals surface area contributed by atoms with Crippen LogP contribution in [0.5, 0.6) is 0 Å². The first-order valence-corrected chi connectivity index (χ1v) is 10.2. The minimum Gasteiger partial charge on any atom is -0.468 e. The number of rotatable bonds is 12. The van der Waals surface area contributed by atoms with Crippen LogP contribution >= 0.6 is 0 Å². The van der Waals surface area contributed by atoms with E-state index in [-0.39, 0.29) is 12.0 Å². The van der Waals surface area contributed by atoms with Gasteiger partial charge in [-0.1, -0.05) is 43.2 Å². The molecular weight excluding hydrogens is 340 g/mol. The average Bonchev–Trinajstić information content (AvgIpc) is 2.71. The summed E-state index contributed by atoms with van der Waals surface area (Å²) in [6.07, 6.45) is 7.48. The number of benzene rings is 1. The molecule has 0 amide bonds. The molecule has 1 heterocycles. The molecular formula is C22H34N2O3. The second-order valence-electron chi connectivity index (χ2n) is 7.49. The standard InChI is InChI=1S/C22H34N2O3/c1-27-22(26)21(11-7-2-3-8-16-25)23-17-19-12-14-24(15-13-19)18-20-9-5-4-6-10-20/h4-6,9-10,16,19,21,23H,2-3,7-8,11-15,17-18H2,1H3. The van der Waals surface area contributed by atoms with Crippen molar-refractivity contribution >= 4 is 12.3 Å². The van der Waals surface area contributed by atoms with Crippen molar-refractivity contribution in [2.75, 3.05) is 26.7 Å². The van der Waals surface area contributed by atoms with E-state index in [4.69, 9.17) is 4.74 Å². The fourth-order valence-electron chi connectivity index (χ4n) is 3.70. The average molecular weight is 375 g/mol. The smallest absolute Gasteiger partial charge is 0.322 e. The van der Waals surface area contributed by atoms with Gasteiger partial charge in [-0.2, -0.15) is 0 Å². The van der Waals surface area contributed by atoms with E-state index < -0.39 is 0 Å². The second-order valence-corrected chi connectivity index (χ2v) is 7.49. The molecule has 0 bridgehead atoms. The zero-order valence-corrected chi connectivity index (χ0v) is 16.6. The van der Waals surface area contributed by atoms with Crippen LogP contribution in [0, 0.1) is 5.92 Å². The van der Waals surface area contributed by atoms with Crippen molar-refractivity contribution < 1.29 is 14.3 Å². The molecule has 1 N–H and O–H groups in total. The molecule has 1 aliphatic rings. The minimum absolute atomic E-state index is 0.174. The fraction of sp³-hybridized carbons (Fsp3) is 0.636. The topological polar surface area (TPSA) is 58.6 Å². The monoisotopic (exact) mass is 374 g/mol. The Bertz CT molecular complexity index is 542. The molecule has 1 aromatic rings. The number of nitrogens with zero attached hydrogens (tertiary/aromatic N) is 1. The van der Waals surface area contributed by atoms with Crippen LogP contribution in [0.3, 0.4) is 0 Å². The van der Waals surface area contributed by atoms with Gasteiger partial charge < -0.3 is 14.8 Å². The van der Waals surface area contributed by atoms with Crippen molar-refractivity contribution in [2.45, 2.75) is 57.5 Å². The Hall–Kier alpha value is -1.72. The number of unbranched alkanes of at least 4 members (excludes halogenated alkanes) is 3. The van der Waals surface area contributed by atoms with Crippen LogP contribution in [0.4, 0.5) is 0 Å². The summed E-state index contributed by atoms with van der Waals surface area (Å²) in [7, 11) is 1.45. The molecule has 0 saturated carbocycles. The van der Waals surface area contributed by atoms with Gasteiger partial charge in [-0.15, -0.1) is 0 Å². The zero-order chi connectivity index (χ0) is 19.3. The van der Waals surface area contributed by atoms with Crippen molar-refractivity contribution in [3.05, 3.63) is 35.9 Å². The summed E-state index contributed by atoms with van der Waals surface area (Å²) in [5.74, 6) is 0.436. The molecule has 0 aliphatic carbocycles. The normalized spacial score (nSPS) is 16.8. The van der Waals surface area contributed by atoms with Gasteiger partial charge >= 0.3 is 5.97 Å². The predicted octanol–water partition coefficient (Wildman–Crippen LogP) is 3.18. The van der Waals surface area contributed by atoms with Crippen molar-refractivity contribution in [1.82, 2.24) is 10.2 Å². The largest absolute Gasteiger partial charge is 0.468 e. The Labute approximate surface area is 163 Å². The molecule has 1 aliphatic heterocycles. The molecule has 0 spiro atoms. The molecule has 0 aromatic heterocycles. The second kappa shape index (κ2) is 12.6. The van der Waals surface area contributed by atoms with E-state index in [9.17, 15) is 9.59 Å². The Kier molecular flexibility index (Phi) is 10.1. The summed E-state index contributed by atoms with van der Waals surface area (Å²) < 4.78 is 4.95. The van der Waals surface area contributed by atoms with Gasteiger partial charge in [0.15, 0.2) is 0 Å². The number of esters is 1. The van der Waals surface area contributed by atoms with Crippen LogP contribution in [0.25, 0.3) is 0 Å². The Morgan fingerprint density at radius 2 is 1.96 bits per heavy atom. The van der Waals surface area contributed by atoms with Gasteiger partial charge in [0.2, 0.25) is 0 Å². The van der Waals surface area contributed by atoms with Crippen molar-refractivity contribution in [1.29, 1.82) is 0 Å². The van der Waals surface area contributed by atoms with Crippen molar-refractivity contribution in [3.63, 3.8) is 0 Å². The Balaban J connectivity index is 1.67. The Morgan fingerprint density at radius 1 is 1.22 bits per heavy atom. The van der Waals surface area contributed by atoms with Crippen LogP contribution in [-0.2, 0) is 20.9 Å². The number of hydrogen-bond acceptors (Lipinski definition) is 5. The number of piperidine rings is 1. The molecule has 1 saturated heterocycles. The van der Waals surface area contributed by atoms with Crippen LogP contribution in [0.2, 0.25) is 0 Å². The molecule has 150 valence electrons. The zero-order valence-electron chi connectivity index (χ0n) is 16.6. The molecule has 5 heteroatoms. The van der Waals surface area contributed by atoms with Crippen LogP contribution < -0.4 is 5.32 Å². The molecule has 5 nitrogen and oxygen atoms in total. The first-order chi connectivity index (χ1) is 13.2. The van der Waals surface area contributed by atoms with Gasteiger partial charge in [-0.05, 0) is 56.8 Å². The van der Waals surface area contributed by atoms with E-state index in [2.05, 4.69) is 40.5 Å². The lowest BCUT2D eigenvalue weighted by molar-refractivity contribution is -0.143. The number of carbonyl (C=O) groups excluding carboxylic acids is 2. The number of aldehydes is 1. The third-order valence-corrected chi connectivity index (χ3v) is 5.41. The van der Waals surface area contributed by atoms with Gasteiger partial charge in [0.05, 0.1) is 7.11 Å². The molecule has 1 unspecified atom stereocenters. The van der Waals surface area contributed by atoms with Crippen LogP contribution in [0.1, 0.15) is 50.5 Å². The first kappa shape index (κ1) is 21.6. The predicted molar refractivity (Wildman–Crippen MR) is 107 cm³/mol. The number of likely N-dealkylation sites (tertiary alicyclic amines) is 1. The highest BCUT2D eigenvalue weighted by Crippen LogP contribution is 2.19. The summed E-state index contributed by atoms with van der Waals surface area (Å²) in [6.45, 7) is 4.10. The van der Waals surface area contributed by atoms with Crippen LogP contribution in [0.15, 0.2) is 30.3 Å². The SMILES string of the molecule is COC(=O)C(CCCCCC=O)NCC1CCN(Cc2ccccc2)CC1. The highest BCUT2D eigenvalue weighted by atomic mass is 16.5. The third kappa shape index (κ3) is 8.22. The summed E-state index contributed by atoms with van der Waals surface area (Å²) in [5, 5.41) is 3.43. The number of hydrogen-bond donors (Lipinski definition) is 1.